The first-order valence-corrected chi connectivity index (χ1v) is 10.6. The van der Waals surface area contributed by atoms with Crippen LogP contribution in [0.4, 0.5) is 0 Å². The van der Waals surface area contributed by atoms with E-state index in [1.165, 1.54) is 5.56 Å². The summed E-state index contributed by atoms with van der Waals surface area (Å²) in [6, 6.07) is 12.6. The van der Waals surface area contributed by atoms with Crippen molar-refractivity contribution in [2.24, 2.45) is 11.8 Å². The topological polar surface area (TPSA) is 66.4 Å². The van der Waals surface area contributed by atoms with E-state index in [4.69, 9.17) is 0 Å². The molecule has 29 heavy (non-hydrogen) atoms. The van der Waals surface area contributed by atoms with E-state index < -0.39 is 0 Å². The molecule has 1 aromatic heterocycles. The van der Waals surface area contributed by atoms with Crippen molar-refractivity contribution in [1.29, 1.82) is 0 Å². The average molecular weight is 390 g/mol. The second kappa shape index (κ2) is 7.58. The van der Waals surface area contributed by atoms with Crippen LogP contribution in [-0.2, 0) is 11.2 Å². The Bertz CT molecular complexity index is 888. The van der Waals surface area contributed by atoms with Crippen LogP contribution < -0.4 is 0 Å². The number of benzene rings is 1. The number of fused-ring (bicyclic) bond motifs is 4. The molecule has 6 heteroatoms. The van der Waals surface area contributed by atoms with Crippen LogP contribution in [0.3, 0.4) is 0 Å². The van der Waals surface area contributed by atoms with Crippen molar-refractivity contribution in [2.45, 2.75) is 44.2 Å². The highest BCUT2D eigenvalue weighted by Crippen LogP contribution is 2.42. The minimum Gasteiger partial charge on any atom is -0.338 e. The zero-order valence-corrected chi connectivity index (χ0v) is 16.5. The number of nitrogens with zero attached hydrogens (tertiary/aromatic N) is 4. The molecular weight excluding hydrogens is 364 g/mol. The number of amides is 2. The lowest BCUT2D eigenvalue weighted by atomic mass is 9.70. The van der Waals surface area contributed by atoms with Crippen molar-refractivity contribution in [3.8, 4) is 0 Å². The lowest BCUT2D eigenvalue weighted by Gasteiger charge is -2.56. The fourth-order valence-electron chi connectivity index (χ4n) is 5.66. The van der Waals surface area contributed by atoms with Crippen molar-refractivity contribution in [3.05, 3.63) is 59.9 Å². The second-order valence-electron chi connectivity index (χ2n) is 8.61. The quantitative estimate of drug-likeness (QED) is 0.808. The molecule has 3 fully saturated rings. The number of aromatic nitrogens is 2. The molecule has 0 aliphatic carbocycles. The molecule has 3 saturated heterocycles. The zero-order chi connectivity index (χ0) is 19.8. The molecule has 2 amide bonds. The summed E-state index contributed by atoms with van der Waals surface area (Å²) in [4.78, 5) is 30.2. The number of rotatable bonds is 3. The van der Waals surface area contributed by atoms with Gasteiger partial charge >= 0.3 is 0 Å². The molecule has 0 saturated carbocycles. The molecule has 5 rings (SSSR count). The molecule has 1 aromatic carbocycles. The molecule has 3 aliphatic rings. The second-order valence-corrected chi connectivity index (χ2v) is 8.61. The van der Waals surface area contributed by atoms with Crippen LogP contribution in [0.1, 0.15) is 41.6 Å². The number of carbonyl (C=O) groups excluding carboxylic acids is 2. The van der Waals surface area contributed by atoms with E-state index in [2.05, 4.69) is 39.4 Å². The Morgan fingerprint density at radius 1 is 1.07 bits per heavy atom. The van der Waals surface area contributed by atoms with Crippen LogP contribution in [0.25, 0.3) is 0 Å². The highest BCUT2D eigenvalue weighted by Gasteiger charge is 2.49. The Balaban J connectivity index is 1.44. The first kappa shape index (κ1) is 18.3. The van der Waals surface area contributed by atoms with Crippen molar-refractivity contribution in [3.63, 3.8) is 0 Å². The molecule has 0 unspecified atom stereocenters. The minimum absolute atomic E-state index is 0.0312. The molecule has 4 heterocycles. The summed E-state index contributed by atoms with van der Waals surface area (Å²) in [6.07, 6.45) is 7.74. The lowest BCUT2D eigenvalue weighted by Crippen LogP contribution is -2.66. The minimum atomic E-state index is 0.0312. The fourth-order valence-corrected chi connectivity index (χ4v) is 5.66. The van der Waals surface area contributed by atoms with Crippen molar-refractivity contribution in [1.82, 2.24) is 20.0 Å². The third-order valence-corrected chi connectivity index (χ3v) is 6.90. The number of hydrogen-bond donors (Lipinski definition) is 0. The van der Waals surface area contributed by atoms with Gasteiger partial charge in [-0.05, 0) is 49.1 Å². The molecular formula is C23H26N4O2. The standard InChI is InChI=1S/C23H26N4O2/c28-22-8-4-7-20-18-12-19(21(27(20)22)11-16-5-2-1-3-6-16)15-26(14-18)23(29)17-9-10-24-25-13-17/h1-3,5-6,9-10,13,18-21H,4,7-8,11-12,14-15H2/t18-,19+,20+,21+/m1/s1. The van der Waals surface area contributed by atoms with Crippen molar-refractivity contribution < 1.29 is 9.59 Å². The van der Waals surface area contributed by atoms with Gasteiger partial charge in [-0.2, -0.15) is 10.2 Å². The van der Waals surface area contributed by atoms with Crippen LogP contribution in [0.15, 0.2) is 48.8 Å². The van der Waals surface area contributed by atoms with E-state index in [-0.39, 0.29) is 18.0 Å². The van der Waals surface area contributed by atoms with Gasteiger partial charge < -0.3 is 9.80 Å². The molecule has 2 bridgehead atoms. The van der Waals surface area contributed by atoms with Gasteiger partial charge in [0.05, 0.1) is 18.0 Å². The summed E-state index contributed by atoms with van der Waals surface area (Å²) in [5.41, 5.74) is 1.85. The molecule has 150 valence electrons. The van der Waals surface area contributed by atoms with Crippen molar-refractivity contribution >= 4 is 11.8 Å². The Morgan fingerprint density at radius 3 is 2.69 bits per heavy atom. The van der Waals surface area contributed by atoms with Crippen LogP contribution >= 0.6 is 0 Å². The molecule has 4 atom stereocenters. The van der Waals surface area contributed by atoms with Gasteiger partial charge in [-0.1, -0.05) is 30.3 Å². The summed E-state index contributed by atoms with van der Waals surface area (Å²) in [5, 5.41) is 7.66. The van der Waals surface area contributed by atoms with Gasteiger partial charge in [-0.25, -0.2) is 0 Å². The summed E-state index contributed by atoms with van der Waals surface area (Å²) in [6.45, 7) is 1.43. The van der Waals surface area contributed by atoms with Gasteiger partial charge in [-0.3, -0.25) is 9.59 Å². The number of hydrogen-bond acceptors (Lipinski definition) is 4. The number of carbonyl (C=O) groups is 2. The summed E-state index contributed by atoms with van der Waals surface area (Å²) >= 11 is 0. The largest absolute Gasteiger partial charge is 0.338 e. The van der Waals surface area contributed by atoms with E-state index in [9.17, 15) is 9.59 Å². The maximum absolute atomic E-state index is 13.1. The van der Waals surface area contributed by atoms with E-state index in [1.807, 2.05) is 11.0 Å². The smallest absolute Gasteiger partial charge is 0.255 e. The predicted molar refractivity (Wildman–Crippen MR) is 108 cm³/mol. The molecule has 2 aromatic rings. The maximum Gasteiger partial charge on any atom is 0.255 e. The van der Waals surface area contributed by atoms with Gasteiger partial charge in [-0.15, -0.1) is 0 Å². The van der Waals surface area contributed by atoms with E-state index >= 15 is 0 Å². The first-order valence-electron chi connectivity index (χ1n) is 10.6. The third-order valence-electron chi connectivity index (χ3n) is 6.90. The number of likely N-dealkylation sites (tertiary alicyclic amines) is 1. The number of piperidine rings is 3. The van der Waals surface area contributed by atoms with Gasteiger partial charge in [0.1, 0.15) is 0 Å². The molecule has 6 nitrogen and oxygen atoms in total. The predicted octanol–water partition coefficient (Wildman–Crippen LogP) is 2.56. The van der Waals surface area contributed by atoms with Gasteiger partial charge in [0.25, 0.3) is 5.91 Å². The van der Waals surface area contributed by atoms with Gasteiger partial charge in [0, 0.05) is 31.6 Å². The molecule has 0 N–H and O–H groups in total. The van der Waals surface area contributed by atoms with E-state index in [0.29, 0.717) is 36.3 Å². The van der Waals surface area contributed by atoms with Crippen LogP contribution in [-0.4, -0.2) is 57.0 Å². The fraction of sp³-hybridized carbons (Fsp3) is 0.478. The Labute approximate surface area is 170 Å². The Kier molecular flexibility index (Phi) is 4.78. The van der Waals surface area contributed by atoms with Crippen LogP contribution in [0.5, 0.6) is 0 Å². The van der Waals surface area contributed by atoms with E-state index in [1.54, 1.807) is 18.5 Å². The van der Waals surface area contributed by atoms with Gasteiger partial charge in [0.15, 0.2) is 0 Å². The third kappa shape index (κ3) is 3.41. The summed E-state index contributed by atoms with van der Waals surface area (Å²) < 4.78 is 0. The summed E-state index contributed by atoms with van der Waals surface area (Å²) in [7, 11) is 0. The normalized spacial score (nSPS) is 28.8. The van der Waals surface area contributed by atoms with E-state index in [0.717, 1.165) is 32.2 Å². The molecule has 3 aliphatic heterocycles. The van der Waals surface area contributed by atoms with Gasteiger partial charge in [0.2, 0.25) is 5.91 Å². The Hall–Kier alpha value is -2.76. The maximum atomic E-state index is 13.1. The average Bonchev–Trinajstić information content (AvgIpc) is 2.77. The van der Waals surface area contributed by atoms with Crippen LogP contribution in [0, 0.1) is 11.8 Å². The highest BCUT2D eigenvalue weighted by atomic mass is 16.2. The Morgan fingerprint density at radius 2 is 1.90 bits per heavy atom. The van der Waals surface area contributed by atoms with Crippen molar-refractivity contribution in [2.75, 3.05) is 13.1 Å². The zero-order valence-electron chi connectivity index (χ0n) is 16.5. The molecule has 0 spiro atoms. The lowest BCUT2D eigenvalue weighted by molar-refractivity contribution is -0.151. The summed E-state index contributed by atoms with van der Waals surface area (Å²) in [5.74, 6) is 1.01. The molecule has 0 radical (unpaired) electrons. The van der Waals surface area contributed by atoms with Crippen LogP contribution in [0.2, 0.25) is 0 Å². The highest BCUT2D eigenvalue weighted by molar-refractivity contribution is 5.94. The monoisotopic (exact) mass is 390 g/mol. The SMILES string of the molecule is O=C(c1ccnnc1)N1C[C@H]2C[C@@H](C1)[C@H](Cc1ccccc1)N1C(=O)CCC[C@@H]21. The first-order chi connectivity index (χ1) is 14.2.